The molecule has 0 radical (unpaired) electrons. The third-order valence-corrected chi connectivity index (χ3v) is 2.07. The average Bonchev–Trinajstić information content (AvgIpc) is 2.04. The lowest BCUT2D eigenvalue weighted by Crippen LogP contribution is -3.09. The lowest BCUT2D eigenvalue weighted by molar-refractivity contribution is -0.858. The Balaban J connectivity index is 2.50. The zero-order chi connectivity index (χ0) is 8.27. The molecule has 1 heterocycles. The first-order valence-corrected chi connectivity index (χ1v) is 3.72. The van der Waals surface area contributed by atoms with Crippen LogP contribution in [-0.2, 0) is 4.74 Å². The molecule has 11 heavy (non-hydrogen) atoms. The maximum Gasteiger partial charge on any atom is 0.122 e. The van der Waals surface area contributed by atoms with E-state index in [0.717, 1.165) is 0 Å². The summed E-state index contributed by atoms with van der Waals surface area (Å²) in [5.41, 5.74) is 0. The van der Waals surface area contributed by atoms with Crippen molar-refractivity contribution in [1.29, 1.82) is 5.26 Å². The van der Waals surface area contributed by atoms with Crippen LogP contribution in [0.4, 0.5) is 0 Å². The second-order valence-electron chi connectivity index (χ2n) is 2.79. The van der Waals surface area contributed by atoms with E-state index in [1.807, 2.05) is 0 Å². The van der Waals surface area contributed by atoms with E-state index in [4.69, 9.17) is 10.00 Å². The molecule has 0 aromatic carbocycles. The van der Waals surface area contributed by atoms with Crippen LogP contribution < -0.4 is 5.06 Å². The molecule has 1 rings (SSSR count). The van der Waals surface area contributed by atoms with Crippen LogP contribution in [0.1, 0.15) is 6.42 Å². The molecule has 1 saturated heterocycles. The predicted octanol–water partition coefficient (Wildman–Crippen LogP) is -1.07. The van der Waals surface area contributed by atoms with E-state index in [1.54, 1.807) is 7.11 Å². The molecule has 4 heteroatoms. The van der Waals surface area contributed by atoms with Gasteiger partial charge in [0.15, 0.2) is 0 Å². The summed E-state index contributed by atoms with van der Waals surface area (Å²) in [5.74, 6) is -0.221. The lowest BCUT2D eigenvalue weighted by Gasteiger charge is -2.33. The number of piperidine rings is 1. The molecule has 0 spiro atoms. The molecule has 0 bridgehead atoms. The molecule has 1 fully saturated rings. The SMILES string of the molecule is COC1CC[NH+]([O-])CC1C#N. The number of hydrogen-bond donors (Lipinski definition) is 1. The molecule has 4 nitrogen and oxygen atoms in total. The molecule has 0 aromatic heterocycles. The minimum absolute atomic E-state index is 0.0299. The van der Waals surface area contributed by atoms with Crippen molar-refractivity contribution < 1.29 is 9.80 Å². The molecule has 0 amide bonds. The first kappa shape index (κ1) is 8.47. The summed E-state index contributed by atoms with van der Waals surface area (Å²) in [6, 6.07) is 2.09. The van der Waals surface area contributed by atoms with Gasteiger partial charge in [-0.1, -0.05) is 0 Å². The van der Waals surface area contributed by atoms with Crippen LogP contribution >= 0.6 is 0 Å². The van der Waals surface area contributed by atoms with E-state index >= 15 is 0 Å². The summed E-state index contributed by atoms with van der Waals surface area (Å²) in [6.45, 7) is 0.936. The second-order valence-corrected chi connectivity index (χ2v) is 2.79. The van der Waals surface area contributed by atoms with Crippen LogP contribution in [0.25, 0.3) is 0 Å². The van der Waals surface area contributed by atoms with Crippen LogP contribution in [0.5, 0.6) is 0 Å². The van der Waals surface area contributed by atoms with E-state index in [9.17, 15) is 5.21 Å². The Morgan fingerprint density at radius 2 is 2.45 bits per heavy atom. The van der Waals surface area contributed by atoms with Gasteiger partial charge in [-0.05, 0) is 0 Å². The van der Waals surface area contributed by atoms with Crippen LogP contribution in [-0.4, -0.2) is 26.3 Å². The van der Waals surface area contributed by atoms with Gasteiger partial charge in [0.25, 0.3) is 0 Å². The van der Waals surface area contributed by atoms with Gasteiger partial charge in [-0.25, -0.2) is 0 Å². The van der Waals surface area contributed by atoms with Gasteiger partial charge in [0, 0.05) is 13.5 Å². The van der Waals surface area contributed by atoms with E-state index in [-0.39, 0.29) is 17.1 Å². The first-order valence-electron chi connectivity index (χ1n) is 3.72. The van der Waals surface area contributed by atoms with E-state index < -0.39 is 0 Å². The molecule has 0 aromatic rings. The van der Waals surface area contributed by atoms with Gasteiger partial charge in [-0.3, -0.25) is 0 Å². The molecular weight excluding hydrogens is 144 g/mol. The number of quaternary nitrogens is 1. The second kappa shape index (κ2) is 3.67. The zero-order valence-corrected chi connectivity index (χ0v) is 6.54. The van der Waals surface area contributed by atoms with Crippen molar-refractivity contribution >= 4 is 0 Å². The average molecular weight is 156 g/mol. The lowest BCUT2D eigenvalue weighted by atomic mass is 9.97. The van der Waals surface area contributed by atoms with Crippen LogP contribution in [0.15, 0.2) is 0 Å². The van der Waals surface area contributed by atoms with Crippen molar-refractivity contribution in [1.82, 2.24) is 0 Å². The third-order valence-electron chi connectivity index (χ3n) is 2.07. The van der Waals surface area contributed by atoms with Crippen LogP contribution in [0, 0.1) is 22.5 Å². The minimum Gasteiger partial charge on any atom is -0.634 e. The van der Waals surface area contributed by atoms with Crippen molar-refractivity contribution in [2.75, 3.05) is 20.2 Å². The highest BCUT2D eigenvalue weighted by Gasteiger charge is 2.28. The number of rotatable bonds is 1. The van der Waals surface area contributed by atoms with Gasteiger partial charge in [-0.2, -0.15) is 5.26 Å². The largest absolute Gasteiger partial charge is 0.634 e. The fourth-order valence-corrected chi connectivity index (χ4v) is 1.39. The molecule has 1 N–H and O–H groups in total. The molecule has 3 unspecified atom stereocenters. The molecule has 0 aliphatic carbocycles. The normalized spacial score (nSPS) is 38.1. The molecular formula is C7H12N2O2. The van der Waals surface area contributed by atoms with Crippen molar-refractivity contribution in [2.24, 2.45) is 5.92 Å². The van der Waals surface area contributed by atoms with Crippen LogP contribution in [0.2, 0.25) is 0 Å². The Bertz CT molecular complexity index is 166. The standard InChI is InChI=1S/C7H12N2O2/c1-11-7-2-3-9(10)5-6(7)4-8/h6-7,9H,2-3,5H2,1H3. The van der Waals surface area contributed by atoms with Crippen LogP contribution in [0.3, 0.4) is 0 Å². The monoisotopic (exact) mass is 156 g/mol. The summed E-state index contributed by atoms with van der Waals surface area (Å²) < 4.78 is 5.07. The molecule has 1 aliphatic rings. The summed E-state index contributed by atoms with van der Waals surface area (Å²) in [4.78, 5) is 0. The summed E-state index contributed by atoms with van der Waals surface area (Å²) in [6.07, 6.45) is 0.672. The highest BCUT2D eigenvalue weighted by molar-refractivity contribution is 4.90. The Hall–Kier alpha value is -0.630. The zero-order valence-electron chi connectivity index (χ0n) is 6.54. The predicted molar refractivity (Wildman–Crippen MR) is 38.6 cm³/mol. The summed E-state index contributed by atoms with van der Waals surface area (Å²) in [7, 11) is 1.59. The van der Waals surface area contributed by atoms with Gasteiger partial charge in [0.05, 0.1) is 25.3 Å². The van der Waals surface area contributed by atoms with Crippen molar-refractivity contribution in [3.05, 3.63) is 5.21 Å². The van der Waals surface area contributed by atoms with E-state index in [0.29, 0.717) is 19.5 Å². The van der Waals surface area contributed by atoms with Gasteiger partial charge < -0.3 is 15.0 Å². The Kier molecular flexibility index (Phi) is 2.83. The Morgan fingerprint density at radius 3 is 3.00 bits per heavy atom. The van der Waals surface area contributed by atoms with E-state index in [2.05, 4.69) is 6.07 Å². The Labute approximate surface area is 65.9 Å². The summed E-state index contributed by atoms with van der Waals surface area (Å²) >= 11 is 0. The fraction of sp³-hybridized carbons (Fsp3) is 0.857. The van der Waals surface area contributed by atoms with E-state index in [1.165, 1.54) is 0 Å². The minimum atomic E-state index is -0.221. The highest BCUT2D eigenvalue weighted by Crippen LogP contribution is 2.10. The van der Waals surface area contributed by atoms with Crippen molar-refractivity contribution in [2.45, 2.75) is 12.5 Å². The van der Waals surface area contributed by atoms with Crippen molar-refractivity contribution in [3.63, 3.8) is 0 Å². The number of hydrogen-bond acceptors (Lipinski definition) is 3. The third kappa shape index (κ3) is 1.90. The number of nitriles is 1. The number of nitrogens with one attached hydrogen (secondary N) is 1. The summed E-state index contributed by atoms with van der Waals surface area (Å²) in [5, 5.41) is 19.7. The maximum absolute atomic E-state index is 10.9. The highest BCUT2D eigenvalue weighted by atomic mass is 16.5. The molecule has 3 atom stereocenters. The van der Waals surface area contributed by atoms with Gasteiger partial charge in [0.1, 0.15) is 5.92 Å². The molecule has 0 saturated carbocycles. The first-order chi connectivity index (χ1) is 5.27. The topological polar surface area (TPSA) is 60.5 Å². The van der Waals surface area contributed by atoms with Gasteiger partial charge >= 0.3 is 0 Å². The number of methoxy groups -OCH3 is 1. The number of ether oxygens (including phenoxy) is 1. The van der Waals surface area contributed by atoms with Gasteiger partial charge in [-0.15, -0.1) is 0 Å². The quantitative estimate of drug-likeness (QED) is 0.492. The number of nitrogens with zero attached hydrogens (tertiary/aromatic N) is 1. The maximum atomic E-state index is 10.9. The fourth-order valence-electron chi connectivity index (χ4n) is 1.39. The Morgan fingerprint density at radius 1 is 1.73 bits per heavy atom. The van der Waals surface area contributed by atoms with Crippen molar-refractivity contribution in [3.8, 4) is 6.07 Å². The smallest absolute Gasteiger partial charge is 0.122 e. The molecule has 62 valence electrons. The molecule has 1 aliphatic heterocycles. The number of hydroxylamine groups is 2. The van der Waals surface area contributed by atoms with Gasteiger partial charge in [0.2, 0.25) is 0 Å².